The SMILES string of the molecule is CC[N+](CC)(CCOC(=O)Nc1ccccc1)Cc1ccccc1. The largest absolute Gasteiger partial charge is 0.443 e. The number of ether oxygens (including phenoxy) is 1. The van der Waals surface area contributed by atoms with Crippen LogP contribution in [0.3, 0.4) is 0 Å². The first-order chi connectivity index (χ1) is 11.7. The van der Waals surface area contributed by atoms with E-state index in [1.807, 2.05) is 36.4 Å². The van der Waals surface area contributed by atoms with Crippen LogP contribution in [0.5, 0.6) is 0 Å². The molecule has 0 spiro atoms. The quantitative estimate of drug-likeness (QED) is 0.735. The lowest BCUT2D eigenvalue weighted by atomic mass is 10.2. The molecule has 0 heterocycles. The lowest BCUT2D eigenvalue weighted by Gasteiger charge is -2.36. The van der Waals surface area contributed by atoms with Gasteiger partial charge in [-0.3, -0.25) is 5.32 Å². The average molecular weight is 327 g/mol. The van der Waals surface area contributed by atoms with Crippen LogP contribution in [0.4, 0.5) is 10.5 Å². The summed E-state index contributed by atoms with van der Waals surface area (Å²) in [5, 5.41) is 2.75. The third kappa shape index (κ3) is 5.39. The second-order valence-corrected chi connectivity index (χ2v) is 5.97. The molecule has 4 nitrogen and oxygen atoms in total. The number of anilines is 1. The second-order valence-electron chi connectivity index (χ2n) is 5.97. The van der Waals surface area contributed by atoms with Gasteiger partial charge in [0.05, 0.1) is 13.1 Å². The number of amides is 1. The van der Waals surface area contributed by atoms with Crippen molar-refractivity contribution >= 4 is 11.8 Å². The van der Waals surface area contributed by atoms with E-state index in [0.717, 1.165) is 36.3 Å². The molecule has 128 valence electrons. The van der Waals surface area contributed by atoms with Crippen molar-refractivity contribution in [1.82, 2.24) is 0 Å². The van der Waals surface area contributed by atoms with Crippen LogP contribution in [-0.4, -0.2) is 36.8 Å². The maximum Gasteiger partial charge on any atom is 0.411 e. The van der Waals surface area contributed by atoms with Gasteiger partial charge in [-0.15, -0.1) is 0 Å². The highest BCUT2D eigenvalue weighted by molar-refractivity contribution is 5.84. The van der Waals surface area contributed by atoms with Crippen LogP contribution in [0.1, 0.15) is 19.4 Å². The Morgan fingerprint density at radius 3 is 2.12 bits per heavy atom. The summed E-state index contributed by atoms with van der Waals surface area (Å²) >= 11 is 0. The fraction of sp³-hybridized carbons (Fsp3) is 0.350. The zero-order valence-electron chi connectivity index (χ0n) is 14.6. The first-order valence-corrected chi connectivity index (χ1v) is 8.55. The highest BCUT2D eigenvalue weighted by Gasteiger charge is 2.24. The Hall–Kier alpha value is -2.33. The minimum Gasteiger partial charge on any atom is -0.443 e. The molecule has 0 saturated heterocycles. The van der Waals surface area contributed by atoms with E-state index in [2.05, 4.69) is 43.4 Å². The molecule has 1 N–H and O–H groups in total. The van der Waals surface area contributed by atoms with Crippen molar-refractivity contribution in [2.24, 2.45) is 0 Å². The molecule has 0 aromatic heterocycles. The number of carbonyl (C=O) groups excluding carboxylic acids is 1. The van der Waals surface area contributed by atoms with Gasteiger partial charge in [-0.2, -0.15) is 0 Å². The first kappa shape index (κ1) is 18.0. The Morgan fingerprint density at radius 2 is 1.54 bits per heavy atom. The highest BCUT2D eigenvalue weighted by Crippen LogP contribution is 2.14. The fourth-order valence-corrected chi connectivity index (χ4v) is 2.82. The zero-order chi connectivity index (χ0) is 17.3. The molecule has 4 heteroatoms. The normalized spacial score (nSPS) is 11.1. The number of hydrogen-bond acceptors (Lipinski definition) is 2. The number of likely N-dealkylation sites (N-methyl/N-ethyl adjacent to an activating group) is 1. The number of carbonyl (C=O) groups is 1. The van der Waals surface area contributed by atoms with Gasteiger partial charge in [-0.1, -0.05) is 48.5 Å². The summed E-state index contributed by atoms with van der Waals surface area (Å²) in [6.07, 6.45) is -0.397. The van der Waals surface area contributed by atoms with Gasteiger partial charge in [0, 0.05) is 11.3 Å². The number of rotatable bonds is 8. The molecule has 0 fully saturated rings. The van der Waals surface area contributed by atoms with Crippen LogP contribution in [0.15, 0.2) is 60.7 Å². The molecule has 0 aliphatic rings. The third-order valence-electron chi connectivity index (χ3n) is 4.52. The Balaban J connectivity index is 1.85. The molecular weight excluding hydrogens is 300 g/mol. The topological polar surface area (TPSA) is 38.3 Å². The van der Waals surface area contributed by atoms with Crippen molar-refractivity contribution in [3.63, 3.8) is 0 Å². The Morgan fingerprint density at radius 1 is 0.958 bits per heavy atom. The summed E-state index contributed by atoms with van der Waals surface area (Å²) in [7, 11) is 0. The second kappa shape index (κ2) is 9.08. The summed E-state index contributed by atoms with van der Waals surface area (Å²) in [5.74, 6) is 0. The van der Waals surface area contributed by atoms with Crippen molar-refractivity contribution in [3.8, 4) is 0 Å². The summed E-state index contributed by atoms with van der Waals surface area (Å²) < 4.78 is 6.28. The van der Waals surface area contributed by atoms with Crippen molar-refractivity contribution in [1.29, 1.82) is 0 Å². The van der Waals surface area contributed by atoms with E-state index < -0.39 is 6.09 Å². The van der Waals surface area contributed by atoms with Crippen LogP contribution >= 0.6 is 0 Å². The standard InChI is InChI=1S/C20H26N2O2/c1-3-22(4-2,17-18-11-7-5-8-12-18)15-16-24-20(23)21-19-13-9-6-10-14-19/h5-14H,3-4,15-17H2,1-2H3/p+1. The number of para-hydroxylation sites is 1. The highest BCUT2D eigenvalue weighted by atomic mass is 16.5. The number of nitrogens with one attached hydrogen (secondary N) is 1. The third-order valence-corrected chi connectivity index (χ3v) is 4.52. The van der Waals surface area contributed by atoms with Crippen molar-refractivity contribution in [3.05, 3.63) is 66.2 Å². The maximum absolute atomic E-state index is 11.9. The van der Waals surface area contributed by atoms with Crippen LogP contribution in [-0.2, 0) is 11.3 Å². The predicted molar refractivity (Wildman–Crippen MR) is 97.8 cm³/mol. The fourth-order valence-electron chi connectivity index (χ4n) is 2.82. The lowest BCUT2D eigenvalue weighted by Crippen LogP contribution is -2.49. The zero-order valence-corrected chi connectivity index (χ0v) is 14.6. The van der Waals surface area contributed by atoms with Gasteiger partial charge in [-0.25, -0.2) is 4.79 Å². The van der Waals surface area contributed by atoms with E-state index in [1.165, 1.54) is 5.56 Å². The van der Waals surface area contributed by atoms with E-state index in [0.29, 0.717) is 6.61 Å². The van der Waals surface area contributed by atoms with Gasteiger partial charge in [-0.05, 0) is 26.0 Å². The molecule has 2 aromatic carbocycles. The first-order valence-electron chi connectivity index (χ1n) is 8.55. The molecule has 1 amide bonds. The Kier molecular flexibility index (Phi) is 6.82. The lowest BCUT2D eigenvalue weighted by molar-refractivity contribution is -0.937. The van der Waals surface area contributed by atoms with E-state index >= 15 is 0 Å². The van der Waals surface area contributed by atoms with Crippen molar-refractivity contribution in [2.45, 2.75) is 20.4 Å². The average Bonchev–Trinajstić information content (AvgIpc) is 2.62. The molecule has 2 rings (SSSR count). The molecule has 2 aromatic rings. The van der Waals surface area contributed by atoms with Gasteiger partial charge in [0.15, 0.2) is 0 Å². The Labute approximate surface area is 144 Å². The molecular formula is C20H27N2O2+. The van der Waals surface area contributed by atoms with E-state index in [1.54, 1.807) is 0 Å². The predicted octanol–water partition coefficient (Wildman–Crippen LogP) is 4.29. The van der Waals surface area contributed by atoms with Gasteiger partial charge in [0.2, 0.25) is 0 Å². The molecule has 0 saturated carbocycles. The van der Waals surface area contributed by atoms with E-state index in [4.69, 9.17) is 4.74 Å². The minimum atomic E-state index is -0.397. The number of hydrogen-bond donors (Lipinski definition) is 1. The van der Waals surface area contributed by atoms with E-state index in [-0.39, 0.29) is 0 Å². The van der Waals surface area contributed by atoms with E-state index in [9.17, 15) is 4.79 Å². The number of nitrogens with zero attached hydrogens (tertiary/aromatic N) is 1. The van der Waals surface area contributed by atoms with Crippen LogP contribution in [0, 0.1) is 0 Å². The molecule has 0 aliphatic heterocycles. The van der Waals surface area contributed by atoms with Crippen LogP contribution in [0.25, 0.3) is 0 Å². The molecule has 24 heavy (non-hydrogen) atoms. The molecule has 0 radical (unpaired) electrons. The minimum absolute atomic E-state index is 0.397. The van der Waals surface area contributed by atoms with Crippen LogP contribution < -0.4 is 5.32 Å². The van der Waals surface area contributed by atoms with Gasteiger partial charge in [0.1, 0.15) is 19.7 Å². The van der Waals surface area contributed by atoms with Crippen molar-refractivity contribution < 1.29 is 14.0 Å². The summed E-state index contributed by atoms with van der Waals surface area (Å²) in [5.41, 5.74) is 2.06. The smallest absolute Gasteiger partial charge is 0.411 e. The van der Waals surface area contributed by atoms with Crippen molar-refractivity contribution in [2.75, 3.05) is 31.6 Å². The molecule has 0 bridgehead atoms. The number of benzene rings is 2. The summed E-state index contributed by atoms with van der Waals surface area (Å²) in [6, 6.07) is 19.8. The monoisotopic (exact) mass is 327 g/mol. The van der Waals surface area contributed by atoms with Gasteiger partial charge in [0.25, 0.3) is 0 Å². The molecule has 0 unspecified atom stereocenters. The Bertz CT molecular complexity index is 610. The number of quaternary nitrogens is 1. The molecule has 0 aliphatic carbocycles. The molecule has 0 atom stereocenters. The van der Waals surface area contributed by atoms with Gasteiger partial charge < -0.3 is 9.22 Å². The summed E-state index contributed by atoms with van der Waals surface area (Å²) in [4.78, 5) is 11.9. The van der Waals surface area contributed by atoms with Crippen LogP contribution in [0.2, 0.25) is 0 Å². The maximum atomic E-state index is 11.9. The summed E-state index contributed by atoms with van der Waals surface area (Å²) in [6.45, 7) is 8.58. The van der Waals surface area contributed by atoms with Gasteiger partial charge >= 0.3 is 6.09 Å².